The summed E-state index contributed by atoms with van der Waals surface area (Å²) in [6.45, 7) is 22.8. The molecule has 4 aromatic rings. The number of halogens is 1. The van der Waals surface area contributed by atoms with Crippen molar-refractivity contribution in [2.45, 2.75) is 137 Å². The van der Waals surface area contributed by atoms with Gasteiger partial charge in [-0.3, -0.25) is 20.0 Å². The van der Waals surface area contributed by atoms with Crippen LogP contribution in [0.5, 0.6) is 0 Å². The smallest absolute Gasteiger partial charge is 0.410 e. The second-order valence-corrected chi connectivity index (χ2v) is 19.2. The van der Waals surface area contributed by atoms with E-state index in [1.807, 2.05) is 71.3 Å². The molecule has 4 aliphatic rings. The number of anilines is 3. The number of aromatic nitrogens is 6. The summed E-state index contributed by atoms with van der Waals surface area (Å²) in [5.41, 5.74) is 10.8. The van der Waals surface area contributed by atoms with Crippen LogP contribution in [-0.2, 0) is 15.9 Å². The molecule has 4 N–H and O–H groups in total. The molecule has 4 aromatic heterocycles. The Morgan fingerprint density at radius 2 is 1.10 bits per heavy atom. The van der Waals surface area contributed by atoms with E-state index in [-0.39, 0.29) is 36.4 Å². The van der Waals surface area contributed by atoms with Crippen molar-refractivity contribution in [1.82, 2.24) is 40.2 Å². The Balaban J connectivity index is 0.000000173. The fourth-order valence-electron chi connectivity index (χ4n) is 8.34. The number of ether oxygens (including phenoxy) is 2. The van der Waals surface area contributed by atoms with Crippen molar-refractivity contribution >= 4 is 45.6 Å². The summed E-state index contributed by atoms with van der Waals surface area (Å²) < 4.78 is 12.1. The average Bonchev–Trinajstić information content (AvgIpc) is 3.85. The van der Waals surface area contributed by atoms with Crippen LogP contribution in [0.1, 0.15) is 101 Å². The van der Waals surface area contributed by atoms with Crippen molar-refractivity contribution < 1.29 is 19.1 Å². The molecule has 4 atom stereocenters. The fraction of sp³-hybridized carbons (Fsp3) is 0.581. The minimum Gasteiger partial charge on any atom is -0.444 e. The number of rotatable bonds is 4. The zero-order valence-corrected chi connectivity index (χ0v) is 37.9. The highest BCUT2D eigenvalue weighted by Gasteiger charge is 2.46. The van der Waals surface area contributed by atoms with E-state index in [4.69, 9.17) is 20.2 Å². The lowest BCUT2D eigenvalue weighted by Gasteiger charge is -2.42. The Labute approximate surface area is 356 Å². The molecule has 2 amide bonds. The zero-order valence-electron chi connectivity index (χ0n) is 36.3. The Hall–Kier alpha value is -4.86. The number of H-pyrrole nitrogens is 2. The molecule has 0 aliphatic carbocycles. The number of hydrogen-bond donors (Lipinski definition) is 3. The van der Waals surface area contributed by atoms with Crippen LogP contribution < -0.4 is 15.5 Å². The van der Waals surface area contributed by atoms with E-state index in [0.29, 0.717) is 12.2 Å². The summed E-state index contributed by atoms with van der Waals surface area (Å²) in [5, 5.41) is 13.7. The van der Waals surface area contributed by atoms with Crippen molar-refractivity contribution in [2.75, 3.05) is 41.7 Å². The molecule has 0 aromatic carbocycles. The first kappa shape index (κ1) is 43.7. The molecule has 4 fully saturated rings. The van der Waals surface area contributed by atoms with Gasteiger partial charge in [-0.15, -0.1) is 0 Å². The fourth-order valence-corrected chi connectivity index (χ4v) is 8.88. The van der Waals surface area contributed by atoms with Crippen molar-refractivity contribution in [3.05, 3.63) is 74.9 Å². The number of carbonyl (C=O) groups is 2. The maximum absolute atomic E-state index is 12.7. The number of nitrogen functional groups attached to an aromatic ring is 1. The average molecular weight is 877 g/mol. The van der Waals surface area contributed by atoms with Crippen LogP contribution in [0.2, 0.25) is 0 Å². The minimum absolute atomic E-state index is 0.178. The number of nitrogens with one attached hydrogen (secondary N) is 2. The van der Waals surface area contributed by atoms with E-state index < -0.39 is 11.2 Å². The maximum atomic E-state index is 12.7. The number of piperazine rings is 2. The molecule has 4 aliphatic heterocycles. The van der Waals surface area contributed by atoms with Crippen LogP contribution in [0.15, 0.2) is 41.0 Å². The summed E-state index contributed by atoms with van der Waals surface area (Å²) in [6.07, 6.45) is 4.46. The van der Waals surface area contributed by atoms with Crippen LogP contribution >= 0.6 is 15.9 Å². The predicted octanol–water partition coefficient (Wildman–Crippen LogP) is 7.64. The first-order chi connectivity index (χ1) is 27.7. The monoisotopic (exact) mass is 875 g/mol. The van der Waals surface area contributed by atoms with Crippen LogP contribution in [-0.4, -0.2) is 114 Å². The van der Waals surface area contributed by atoms with Crippen molar-refractivity contribution in [2.24, 2.45) is 0 Å². The van der Waals surface area contributed by atoms with Crippen molar-refractivity contribution in [3.63, 3.8) is 0 Å². The van der Waals surface area contributed by atoms with E-state index in [1.165, 1.54) is 11.1 Å². The van der Waals surface area contributed by atoms with Gasteiger partial charge in [0.05, 0.1) is 29.9 Å². The number of amides is 2. The highest BCUT2D eigenvalue weighted by atomic mass is 79.9. The molecule has 0 radical (unpaired) electrons. The van der Waals surface area contributed by atoms with Crippen LogP contribution in [0.25, 0.3) is 0 Å². The summed E-state index contributed by atoms with van der Waals surface area (Å²) in [7, 11) is 0. The quantitative estimate of drug-likeness (QED) is 0.172. The van der Waals surface area contributed by atoms with Gasteiger partial charge in [-0.05, 0) is 152 Å². The van der Waals surface area contributed by atoms with E-state index in [1.54, 1.807) is 6.07 Å². The Morgan fingerprint density at radius 3 is 1.47 bits per heavy atom. The van der Waals surface area contributed by atoms with Gasteiger partial charge in [-0.25, -0.2) is 19.6 Å². The lowest BCUT2D eigenvalue weighted by Crippen LogP contribution is -2.57. The molecule has 8 rings (SSSR count). The van der Waals surface area contributed by atoms with Gasteiger partial charge >= 0.3 is 12.2 Å². The van der Waals surface area contributed by atoms with E-state index in [9.17, 15) is 9.59 Å². The Kier molecular flexibility index (Phi) is 13.2. The normalized spacial score (nSPS) is 21.1. The topological polar surface area (TPSA) is 175 Å². The largest absolute Gasteiger partial charge is 0.444 e. The van der Waals surface area contributed by atoms with E-state index >= 15 is 0 Å². The third kappa shape index (κ3) is 11.7. The van der Waals surface area contributed by atoms with Gasteiger partial charge < -0.3 is 25.0 Å². The number of pyridine rings is 2. The summed E-state index contributed by atoms with van der Waals surface area (Å²) >= 11 is 3.47. The van der Waals surface area contributed by atoms with Crippen molar-refractivity contribution in [3.8, 4) is 0 Å². The van der Waals surface area contributed by atoms with Crippen molar-refractivity contribution in [1.29, 1.82) is 0 Å². The molecular weight excluding hydrogens is 814 g/mol. The van der Waals surface area contributed by atoms with Gasteiger partial charge in [0.15, 0.2) is 0 Å². The predicted molar refractivity (Wildman–Crippen MR) is 234 cm³/mol. The molecule has 59 heavy (non-hydrogen) atoms. The first-order valence-corrected chi connectivity index (χ1v) is 21.4. The molecule has 8 heterocycles. The third-order valence-corrected chi connectivity index (χ3v) is 11.0. The summed E-state index contributed by atoms with van der Waals surface area (Å²) in [6, 6.07) is 13.0. The number of carbonyl (C=O) groups excluding carboxylic acids is 2. The molecule has 4 bridgehead atoms. The van der Waals surface area contributed by atoms with Gasteiger partial charge in [0.2, 0.25) is 0 Å². The summed E-state index contributed by atoms with van der Waals surface area (Å²) in [5.74, 6) is 2.53. The Bertz CT molecular complexity index is 2020. The number of aryl methyl sites for hydroxylation is 4. The molecular formula is C43H62BrN11O4. The van der Waals surface area contributed by atoms with Gasteiger partial charge in [-0.1, -0.05) is 0 Å². The molecule has 0 saturated carbocycles. The van der Waals surface area contributed by atoms with E-state index in [2.05, 4.69) is 89.2 Å². The molecule has 4 unspecified atom stereocenters. The highest BCUT2D eigenvalue weighted by molar-refractivity contribution is 9.10. The maximum Gasteiger partial charge on any atom is 0.410 e. The Morgan fingerprint density at radius 1 is 0.661 bits per heavy atom. The van der Waals surface area contributed by atoms with Gasteiger partial charge in [0, 0.05) is 55.7 Å². The standard InChI is InChI=1S/C22H31N5O2.C17H24BrN3O2.C4H7N3/c1-14-8-16(11-17-10-15(2)24-25-17)23-20(9-14)26-12-18-6-7-19(13-26)27(18)21(28)29-22(3,4)5;1-11-7-14(18)19-15(8-11)20-9-12-5-6-13(10-20)21(12)16(22)23-17(2,3)4;1-3-2-4(5)7-6-3/h8-10,18-19H,6-7,11-13H2,1-5H3,(H,24,25);7-8,12-13H,5-6,9-10H2,1-4H3;2H,1H3,(H3,5,6,7). The molecule has 0 spiro atoms. The number of aromatic amines is 2. The molecule has 15 nitrogen and oxygen atoms in total. The third-order valence-electron chi connectivity index (χ3n) is 10.6. The van der Waals surface area contributed by atoms with Gasteiger partial charge in [-0.2, -0.15) is 10.2 Å². The molecule has 16 heteroatoms. The number of nitrogens with two attached hydrogens (primary N) is 1. The second kappa shape index (κ2) is 17.8. The van der Waals surface area contributed by atoms with E-state index in [0.717, 1.165) is 90.9 Å². The first-order valence-electron chi connectivity index (χ1n) is 20.6. The number of nitrogens with zero attached hydrogens (tertiary/aromatic N) is 8. The van der Waals surface area contributed by atoms with Crippen LogP contribution in [0.4, 0.5) is 27.0 Å². The number of fused-ring (bicyclic) bond motifs is 4. The van der Waals surface area contributed by atoms with Gasteiger partial charge in [0.25, 0.3) is 0 Å². The number of hydrogen-bond acceptors (Lipinski definition) is 11. The van der Waals surface area contributed by atoms with Gasteiger partial charge in [0.1, 0.15) is 33.3 Å². The minimum atomic E-state index is -0.467. The van der Waals surface area contributed by atoms with Crippen LogP contribution in [0, 0.1) is 27.7 Å². The molecule has 320 valence electrons. The second-order valence-electron chi connectivity index (χ2n) is 18.4. The highest BCUT2D eigenvalue weighted by Crippen LogP contribution is 2.35. The SMILES string of the molecule is Cc1cc(Br)nc(N2CC3CCC(C2)N3C(=O)OC(C)(C)C)c1.Cc1cc(Cc2cc(C)[nH]n2)nc(N2CC3CCC(C2)N3C(=O)OC(C)(C)C)c1.Cc1cc(N)n[nH]1. The zero-order chi connectivity index (χ0) is 42.8. The summed E-state index contributed by atoms with van der Waals surface area (Å²) in [4.78, 5) is 43.2. The van der Waals surface area contributed by atoms with Crippen LogP contribution in [0.3, 0.4) is 0 Å². The lowest BCUT2D eigenvalue weighted by atomic mass is 10.1. The lowest BCUT2D eigenvalue weighted by molar-refractivity contribution is 0.0111. The molecule has 4 saturated heterocycles.